The minimum Gasteiger partial charge on any atom is -0.508 e. The van der Waals surface area contributed by atoms with Crippen LogP contribution < -0.4 is 10.6 Å². The monoisotopic (exact) mass is 318 g/mol. The van der Waals surface area contributed by atoms with Gasteiger partial charge in [-0.15, -0.1) is 0 Å². The number of amides is 2. The molecular formula is C16H15ClN2O3. The minimum atomic E-state index is -0.798. The van der Waals surface area contributed by atoms with Crippen molar-refractivity contribution in [1.29, 1.82) is 0 Å². The normalized spacial score (nSPS) is 10.1. The fourth-order valence-corrected chi connectivity index (χ4v) is 2.05. The van der Waals surface area contributed by atoms with Gasteiger partial charge in [-0.2, -0.15) is 0 Å². The van der Waals surface area contributed by atoms with Crippen molar-refractivity contribution in [2.45, 2.75) is 13.8 Å². The number of hydrogen-bond acceptors (Lipinski definition) is 3. The summed E-state index contributed by atoms with van der Waals surface area (Å²) in [6.45, 7) is 3.52. The van der Waals surface area contributed by atoms with Crippen LogP contribution in [0.1, 0.15) is 11.1 Å². The van der Waals surface area contributed by atoms with Crippen LogP contribution in [0.25, 0.3) is 0 Å². The van der Waals surface area contributed by atoms with Gasteiger partial charge in [-0.1, -0.05) is 17.7 Å². The van der Waals surface area contributed by atoms with Crippen LogP contribution in [-0.2, 0) is 9.59 Å². The Balaban J connectivity index is 2.09. The summed E-state index contributed by atoms with van der Waals surface area (Å²) in [5.74, 6) is -1.50. The smallest absolute Gasteiger partial charge is 0.314 e. The van der Waals surface area contributed by atoms with E-state index in [1.165, 1.54) is 18.2 Å². The number of aryl methyl sites for hydroxylation is 2. The van der Waals surface area contributed by atoms with E-state index in [9.17, 15) is 14.7 Å². The molecule has 0 bridgehead atoms. The van der Waals surface area contributed by atoms with Crippen molar-refractivity contribution in [1.82, 2.24) is 0 Å². The van der Waals surface area contributed by atoms with Gasteiger partial charge in [0.05, 0.1) is 0 Å². The van der Waals surface area contributed by atoms with Crippen LogP contribution in [0.2, 0.25) is 5.02 Å². The van der Waals surface area contributed by atoms with E-state index >= 15 is 0 Å². The maximum Gasteiger partial charge on any atom is 0.314 e. The van der Waals surface area contributed by atoms with Gasteiger partial charge in [0.25, 0.3) is 0 Å². The lowest BCUT2D eigenvalue weighted by Crippen LogP contribution is -2.29. The molecule has 0 saturated heterocycles. The first-order valence-corrected chi connectivity index (χ1v) is 6.92. The number of halogens is 1. The van der Waals surface area contributed by atoms with Crippen LogP contribution in [0.3, 0.4) is 0 Å². The Kier molecular flexibility index (Phi) is 4.68. The zero-order chi connectivity index (χ0) is 16.3. The Morgan fingerprint density at radius 3 is 2.18 bits per heavy atom. The van der Waals surface area contributed by atoms with Crippen molar-refractivity contribution in [2.75, 3.05) is 10.6 Å². The van der Waals surface area contributed by atoms with Crippen molar-refractivity contribution in [2.24, 2.45) is 0 Å². The first-order chi connectivity index (χ1) is 10.4. The lowest BCUT2D eigenvalue weighted by molar-refractivity contribution is -0.133. The van der Waals surface area contributed by atoms with Crippen LogP contribution in [-0.4, -0.2) is 16.9 Å². The molecule has 0 aromatic heterocycles. The third kappa shape index (κ3) is 3.77. The number of nitrogens with one attached hydrogen (secondary N) is 2. The number of benzene rings is 2. The second-order valence-electron chi connectivity index (χ2n) is 4.87. The number of carbonyl (C=O) groups excluding carboxylic acids is 2. The summed E-state index contributed by atoms with van der Waals surface area (Å²) in [7, 11) is 0. The maximum absolute atomic E-state index is 11.9. The predicted octanol–water partition coefficient (Wildman–Crippen LogP) is 3.24. The Hall–Kier alpha value is -2.53. The number of aromatic hydroxyl groups is 1. The Morgan fingerprint density at radius 2 is 1.55 bits per heavy atom. The Morgan fingerprint density at radius 1 is 0.909 bits per heavy atom. The first kappa shape index (κ1) is 15.9. The van der Waals surface area contributed by atoms with Crippen molar-refractivity contribution in [3.63, 3.8) is 0 Å². The fourth-order valence-electron chi connectivity index (χ4n) is 1.88. The van der Waals surface area contributed by atoms with Gasteiger partial charge >= 0.3 is 11.8 Å². The molecule has 0 saturated carbocycles. The van der Waals surface area contributed by atoms with E-state index in [1.807, 2.05) is 0 Å². The van der Waals surface area contributed by atoms with Gasteiger partial charge in [0.1, 0.15) is 5.75 Å². The number of hydrogen-bond donors (Lipinski definition) is 3. The van der Waals surface area contributed by atoms with Gasteiger partial charge in [-0.3, -0.25) is 9.59 Å². The highest BCUT2D eigenvalue weighted by molar-refractivity contribution is 6.44. The quantitative estimate of drug-likeness (QED) is 0.587. The largest absolute Gasteiger partial charge is 0.508 e. The predicted molar refractivity (Wildman–Crippen MR) is 86.3 cm³/mol. The first-order valence-electron chi connectivity index (χ1n) is 6.55. The zero-order valence-electron chi connectivity index (χ0n) is 12.1. The van der Waals surface area contributed by atoms with Gasteiger partial charge in [0.2, 0.25) is 0 Å². The second kappa shape index (κ2) is 6.49. The van der Waals surface area contributed by atoms with Crippen LogP contribution >= 0.6 is 11.6 Å². The average Bonchev–Trinajstić information content (AvgIpc) is 2.45. The standard InChI is InChI=1S/C16H15ClN2O3/c1-9-3-4-11(17)8-14(9)19-16(22)15(21)18-13-6-5-12(20)7-10(13)2/h3-8,20H,1-2H3,(H,18,21)(H,19,22). The summed E-state index contributed by atoms with van der Waals surface area (Å²) >= 11 is 5.87. The molecule has 2 rings (SSSR count). The highest BCUT2D eigenvalue weighted by atomic mass is 35.5. The molecule has 114 valence electrons. The summed E-state index contributed by atoms with van der Waals surface area (Å²) in [6, 6.07) is 9.48. The zero-order valence-corrected chi connectivity index (χ0v) is 12.9. The molecule has 0 unspecified atom stereocenters. The molecule has 22 heavy (non-hydrogen) atoms. The summed E-state index contributed by atoms with van der Waals surface area (Å²) in [4.78, 5) is 23.9. The van der Waals surface area contributed by atoms with Gasteiger partial charge in [-0.25, -0.2) is 0 Å². The Labute approximate surface area is 132 Å². The molecule has 6 heteroatoms. The highest BCUT2D eigenvalue weighted by Crippen LogP contribution is 2.21. The molecule has 5 nitrogen and oxygen atoms in total. The average molecular weight is 319 g/mol. The summed E-state index contributed by atoms with van der Waals surface area (Å²) in [5, 5.41) is 14.8. The second-order valence-corrected chi connectivity index (χ2v) is 5.30. The Bertz CT molecular complexity index is 744. The van der Waals surface area contributed by atoms with E-state index < -0.39 is 11.8 Å². The molecule has 0 heterocycles. The van der Waals surface area contributed by atoms with E-state index in [4.69, 9.17) is 11.6 Å². The topological polar surface area (TPSA) is 78.4 Å². The summed E-state index contributed by atoms with van der Waals surface area (Å²) < 4.78 is 0. The maximum atomic E-state index is 11.9. The number of carbonyl (C=O) groups is 2. The van der Waals surface area contributed by atoms with Crippen molar-refractivity contribution in [3.05, 3.63) is 52.5 Å². The molecule has 0 radical (unpaired) electrons. The van der Waals surface area contributed by atoms with Gasteiger partial charge in [-0.05, 0) is 55.3 Å². The molecule has 0 fully saturated rings. The van der Waals surface area contributed by atoms with E-state index in [-0.39, 0.29) is 5.75 Å². The molecule has 0 spiro atoms. The lowest BCUT2D eigenvalue weighted by Gasteiger charge is -2.10. The number of phenolic OH excluding ortho intramolecular Hbond substituents is 1. The molecule has 0 aliphatic heterocycles. The number of anilines is 2. The van der Waals surface area contributed by atoms with Gasteiger partial charge in [0.15, 0.2) is 0 Å². The van der Waals surface area contributed by atoms with Gasteiger partial charge < -0.3 is 15.7 Å². The lowest BCUT2D eigenvalue weighted by atomic mass is 10.2. The fraction of sp³-hybridized carbons (Fsp3) is 0.125. The third-order valence-electron chi connectivity index (χ3n) is 3.11. The van der Waals surface area contributed by atoms with Crippen LogP contribution in [0.15, 0.2) is 36.4 Å². The molecule has 0 aliphatic carbocycles. The van der Waals surface area contributed by atoms with Crippen molar-refractivity contribution >= 4 is 34.8 Å². The molecular weight excluding hydrogens is 304 g/mol. The minimum absolute atomic E-state index is 0.0921. The molecule has 2 aromatic carbocycles. The van der Waals surface area contributed by atoms with E-state index in [0.29, 0.717) is 22.0 Å². The number of rotatable bonds is 2. The molecule has 2 aromatic rings. The summed E-state index contributed by atoms with van der Waals surface area (Å²) in [6.07, 6.45) is 0. The summed E-state index contributed by atoms with van der Waals surface area (Å²) in [5.41, 5.74) is 2.39. The van der Waals surface area contributed by atoms with E-state index in [1.54, 1.807) is 32.0 Å². The number of phenols is 1. The van der Waals surface area contributed by atoms with Crippen LogP contribution in [0.5, 0.6) is 5.75 Å². The van der Waals surface area contributed by atoms with E-state index in [2.05, 4.69) is 10.6 Å². The van der Waals surface area contributed by atoms with E-state index in [0.717, 1.165) is 5.56 Å². The molecule has 3 N–H and O–H groups in total. The van der Waals surface area contributed by atoms with Crippen LogP contribution in [0.4, 0.5) is 11.4 Å². The van der Waals surface area contributed by atoms with Gasteiger partial charge in [0, 0.05) is 16.4 Å². The third-order valence-corrected chi connectivity index (χ3v) is 3.35. The molecule has 2 amide bonds. The van der Waals surface area contributed by atoms with Crippen LogP contribution in [0, 0.1) is 13.8 Å². The highest BCUT2D eigenvalue weighted by Gasteiger charge is 2.16. The molecule has 0 atom stereocenters. The van der Waals surface area contributed by atoms with Crippen molar-refractivity contribution < 1.29 is 14.7 Å². The van der Waals surface area contributed by atoms with Crippen molar-refractivity contribution in [3.8, 4) is 5.75 Å². The molecule has 0 aliphatic rings. The SMILES string of the molecule is Cc1cc(O)ccc1NC(=O)C(=O)Nc1cc(Cl)ccc1C.